The first-order valence-corrected chi connectivity index (χ1v) is 10.8. The minimum atomic E-state index is -4.80. The smallest absolute Gasteiger partial charge is 0.335 e. The van der Waals surface area contributed by atoms with Gasteiger partial charge in [0.1, 0.15) is 6.04 Å². The molecule has 0 aliphatic carbocycles. The van der Waals surface area contributed by atoms with Gasteiger partial charge in [-0.1, -0.05) is 30.0 Å². The van der Waals surface area contributed by atoms with Crippen LogP contribution in [0, 0.1) is 0 Å². The SMILES string of the molecule is Nn1c(SCC(=O)N2c3ccccc3NC(=O)CC2C(F)(F)F)nnc1-c1cccs1. The van der Waals surface area contributed by atoms with Crippen LogP contribution in [0.4, 0.5) is 24.5 Å². The van der Waals surface area contributed by atoms with Gasteiger partial charge in [-0.05, 0) is 23.6 Å². The number of halogens is 3. The van der Waals surface area contributed by atoms with Crippen molar-refractivity contribution in [2.45, 2.75) is 23.8 Å². The number of nitrogens with two attached hydrogens (primary N) is 1. The summed E-state index contributed by atoms with van der Waals surface area (Å²) in [5.41, 5.74) is 0.120. The molecule has 2 aromatic heterocycles. The number of nitrogens with one attached hydrogen (secondary N) is 1. The van der Waals surface area contributed by atoms with Crippen molar-refractivity contribution in [1.82, 2.24) is 14.9 Å². The number of fused-ring (bicyclic) bond motifs is 1. The van der Waals surface area contributed by atoms with Crippen LogP contribution in [0.1, 0.15) is 6.42 Å². The van der Waals surface area contributed by atoms with Crippen molar-refractivity contribution in [1.29, 1.82) is 0 Å². The molecule has 0 radical (unpaired) electrons. The number of nitrogen functional groups attached to an aromatic ring is 1. The topological polar surface area (TPSA) is 106 Å². The molecular formula is C18H15F3N6O2S2. The van der Waals surface area contributed by atoms with E-state index in [1.165, 1.54) is 34.2 Å². The number of anilines is 2. The molecule has 162 valence electrons. The molecule has 3 heterocycles. The van der Waals surface area contributed by atoms with Gasteiger partial charge in [-0.3, -0.25) is 14.5 Å². The summed E-state index contributed by atoms with van der Waals surface area (Å²) in [6.45, 7) is 0. The lowest BCUT2D eigenvalue weighted by Crippen LogP contribution is -2.50. The van der Waals surface area contributed by atoms with Crippen LogP contribution in [0.5, 0.6) is 0 Å². The van der Waals surface area contributed by atoms with E-state index in [0.29, 0.717) is 10.7 Å². The van der Waals surface area contributed by atoms with Gasteiger partial charge < -0.3 is 11.2 Å². The lowest BCUT2D eigenvalue weighted by Gasteiger charge is -2.31. The monoisotopic (exact) mass is 468 g/mol. The lowest BCUT2D eigenvalue weighted by molar-refractivity contribution is -0.157. The normalized spacial score (nSPS) is 16.5. The van der Waals surface area contributed by atoms with Gasteiger partial charge in [0.15, 0.2) is 5.82 Å². The molecule has 0 bridgehead atoms. The first kappa shape index (κ1) is 21.2. The van der Waals surface area contributed by atoms with E-state index in [1.807, 2.05) is 11.4 Å². The first-order chi connectivity index (χ1) is 14.8. The van der Waals surface area contributed by atoms with Crippen LogP contribution < -0.4 is 16.1 Å². The van der Waals surface area contributed by atoms with Crippen LogP contribution in [0.2, 0.25) is 0 Å². The second kappa shape index (κ2) is 8.23. The number of aromatic nitrogens is 3. The lowest BCUT2D eigenvalue weighted by atomic mass is 10.1. The Kier molecular flexibility index (Phi) is 5.62. The Labute approximate surface area is 182 Å². The molecule has 1 aromatic carbocycles. The van der Waals surface area contributed by atoms with E-state index in [2.05, 4.69) is 15.5 Å². The van der Waals surface area contributed by atoms with E-state index in [4.69, 9.17) is 5.84 Å². The standard InChI is InChI=1S/C18H15F3N6O2S2/c19-18(20,21)13-8-14(28)23-10-4-1-2-5-11(10)26(13)15(29)9-31-17-25-24-16(27(17)22)12-6-3-7-30-12/h1-7,13H,8-9,22H2,(H,23,28). The first-order valence-electron chi connectivity index (χ1n) is 8.90. The fourth-order valence-electron chi connectivity index (χ4n) is 3.14. The van der Waals surface area contributed by atoms with E-state index in [1.54, 1.807) is 12.1 Å². The summed E-state index contributed by atoms with van der Waals surface area (Å²) in [4.78, 5) is 26.4. The molecular weight excluding hydrogens is 453 g/mol. The molecule has 1 unspecified atom stereocenters. The average molecular weight is 468 g/mol. The number of thiophene rings is 1. The van der Waals surface area contributed by atoms with Crippen LogP contribution in [-0.4, -0.2) is 44.7 Å². The molecule has 13 heteroatoms. The van der Waals surface area contributed by atoms with Gasteiger partial charge in [-0.15, -0.1) is 21.5 Å². The van der Waals surface area contributed by atoms with Crippen molar-refractivity contribution in [3.8, 4) is 10.7 Å². The van der Waals surface area contributed by atoms with Crippen molar-refractivity contribution in [2.24, 2.45) is 0 Å². The molecule has 31 heavy (non-hydrogen) atoms. The maximum absolute atomic E-state index is 13.8. The Bertz CT molecular complexity index is 1120. The maximum atomic E-state index is 13.8. The van der Waals surface area contributed by atoms with Crippen LogP contribution >= 0.6 is 23.1 Å². The minimum absolute atomic E-state index is 0.0187. The highest BCUT2D eigenvalue weighted by atomic mass is 32.2. The maximum Gasteiger partial charge on any atom is 0.409 e. The van der Waals surface area contributed by atoms with Crippen LogP contribution in [0.15, 0.2) is 46.9 Å². The van der Waals surface area contributed by atoms with E-state index >= 15 is 0 Å². The zero-order chi connectivity index (χ0) is 22.2. The second-order valence-corrected chi connectivity index (χ2v) is 8.42. The number of thioether (sulfide) groups is 1. The summed E-state index contributed by atoms with van der Waals surface area (Å²) < 4.78 is 42.5. The summed E-state index contributed by atoms with van der Waals surface area (Å²) in [5.74, 6) is 4.34. The largest absolute Gasteiger partial charge is 0.409 e. The number of hydrogen-bond acceptors (Lipinski definition) is 7. The van der Waals surface area contributed by atoms with Crippen molar-refractivity contribution < 1.29 is 22.8 Å². The van der Waals surface area contributed by atoms with Gasteiger partial charge >= 0.3 is 6.18 Å². The Morgan fingerprint density at radius 2 is 2.03 bits per heavy atom. The zero-order valence-electron chi connectivity index (χ0n) is 15.7. The summed E-state index contributed by atoms with van der Waals surface area (Å²) in [5, 5.41) is 12.4. The van der Waals surface area contributed by atoms with Crippen LogP contribution in [0.3, 0.4) is 0 Å². The number of para-hydroxylation sites is 2. The summed E-state index contributed by atoms with van der Waals surface area (Å²) in [7, 11) is 0. The average Bonchev–Trinajstić information content (AvgIpc) is 3.32. The summed E-state index contributed by atoms with van der Waals surface area (Å²) in [6.07, 6.45) is -5.69. The van der Waals surface area contributed by atoms with Gasteiger partial charge in [-0.2, -0.15) is 13.2 Å². The van der Waals surface area contributed by atoms with Gasteiger partial charge in [0.05, 0.1) is 28.4 Å². The molecule has 1 atom stereocenters. The van der Waals surface area contributed by atoms with Gasteiger partial charge in [0.25, 0.3) is 0 Å². The number of hydrogen-bond donors (Lipinski definition) is 2. The van der Waals surface area contributed by atoms with Crippen LogP contribution in [0.25, 0.3) is 10.7 Å². The van der Waals surface area contributed by atoms with Gasteiger partial charge in [0.2, 0.25) is 17.0 Å². The number of amides is 2. The third kappa shape index (κ3) is 4.23. The predicted molar refractivity (Wildman–Crippen MR) is 111 cm³/mol. The van der Waals surface area contributed by atoms with Crippen molar-refractivity contribution >= 4 is 46.3 Å². The van der Waals surface area contributed by atoms with E-state index in [0.717, 1.165) is 16.6 Å². The molecule has 3 aromatic rings. The molecule has 1 aliphatic rings. The van der Waals surface area contributed by atoms with E-state index in [-0.39, 0.29) is 22.3 Å². The quantitative estimate of drug-likeness (QED) is 0.450. The molecule has 3 N–H and O–H groups in total. The highest BCUT2D eigenvalue weighted by molar-refractivity contribution is 7.99. The summed E-state index contributed by atoms with van der Waals surface area (Å²) in [6, 6.07) is 7.19. The predicted octanol–water partition coefficient (Wildman–Crippen LogP) is 3.12. The number of rotatable bonds is 4. The van der Waals surface area contributed by atoms with Crippen molar-refractivity contribution in [3.63, 3.8) is 0 Å². The Morgan fingerprint density at radius 1 is 1.26 bits per heavy atom. The van der Waals surface area contributed by atoms with Crippen LogP contribution in [-0.2, 0) is 9.59 Å². The molecule has 4 rings (SSSR count). The number of benzene rings is 1. The Morgan fingerprint density at radius 3 is 2.74 bits per heavy atom. The van der Waals surface area contributed by atoms with Crippen molar-refractivity contribution in [3.05, 3.63) is 41.8 Å². The molecule has 8 nitrogen and oxygen atoms in total. The molecule has 2 amide bonds. The highest BCUT2D eigenvalue weighted by Crippen LogP contribution is 2.38. The van der Waals surface area contributed by atoms with E-state index < -0.39 is 30.5 Å². The summed E-state index contributed by atoms with van der Waals surface area (Å²) >= 11 is 2.26. The molecule has 1 aliphatic heterocycles. The number of alkyl halides is 3. The van der Waals surface area contributed by atoms with Gasteiger partial charge in [-0.25, -0.2) is 4.68 Å². The van der Waals surface area contributed by atoms with Crippen molar-refractivity contribution in [2.75, 3.05) is 21.8 Å². The molecule has 0 saturated heterocycles. The Balaban J connectivity index is 1.61. The fraction of sp³-hybridized carbons (Fsp3) is 0.222. The fourth-order valence-corrected chi connectivity index (χ4v) is 4.56. The molecule has 0 spiro atoms. The Hall–Kier alpha value is -3.06. The third-order valence-electron chi connectivity index (χ3n) is 4.51. The number of carbonyl (C=O) groups excluding carboxylic acids is 2. The molecule has 0 saturated carbocycles. The minimum Gasteiger partial charge on any atom is -0.335 e. The van der Waals surface area contributed by atoms with E-state index in [9.17, 15) is 22.8 Å². The number of carbonyl (C=O) groups is 2. The number of nitrogens with zero attached hydrogens (tertiary/aromatic N) is 4. The third-order valence-corrected chi connectivity index (χ3v) is 6.30. The highest BCUT2D eigenvalue weighted by Gasteiger charge is 2.48. The zero-order valence-corrected chi connectivity index (χ0v) is 17.3. The molecule has 0 fully saturated rings. The second-order valence-electron chi connectivity index (χ2n) is 6.53. The van der Waals surface area contributed by atoms with Gasteiger partial charge in [0, 0.05) is 0 Å².